The zero-order valence-electron chi connectivity index (χ0n) is 19.2. The topological polar surface area (TPSA) is 38.1 Å². The van der Waals surface area contributed by atoms with Gasteiger partial charge in [0.15, 0.2) is 0 Å². The maximum atomic E-state index is 13.1. The molecule has 1 aromatic heterocycles. The molecule has 0 spiro atoms. The average molecular weight is 424 g/mol. The van der Waals surface area contributed by atoms with E-state index >= 15 is 0 Å². The van der Waals surface area contributed by atoms with Gasteiger partial charge in [0.2, 0.25) is 5.91 Å². The Morgan fingerprint density at radius 1 is 0.906 bits per heavy atom. The third-order valence-corrected chi connectivity index (χ3v) is 6.72. The van der Waals surface area contributed by atoms with E-state index in [2.05, 4.69) is 86.9 Å². The van der Waals surface area contributed by atoms with Crippen molar-refractivity contribution in [2.45, 2.75) is 46.6 Å². The van der Waals surface area contributed by atoms with E-state index in [4.69, 9.17) is 4.98 Å². The molecule has 1 amide bonds. The van der Waals surface area contributed by atoms with Gasteiger partial charge in [-0.15, -0.1) is 0 Å². The molecular formula is C28H29N3O. The van der Waals surface area contributed by atoms with Crippen LogP contribution in [0.4, 0.5) is 5.69 Å². The highest BCUT2D eigenvalue weighted by atomic mass is 16.2. The minimum atomic E-state index is 0.0685. The first-order valence-corrected chi connectivity index (χ1v) is 11.3. The lowest BCUT2D eigenvalue weighted by atomic mass is 10.0. The number of hydrogen-bond acceptors (Lipinski definition) is 2. The second-order valence-corrected chi connectivity index (χ2v) is 9.12. The molecule has 1 saturated heterocycles. The molecule has 1 unspecified atom stereocenters. The lowest BCUT2D eigenvalue weighted by Crippen LogP contribution is -2.26. The van der Waals surface area contributed by atoms with Crippen LogP contribution in [0.5, 0.6) is 0 Å². The lowest BCUT2D eigenvalue weighted by molar-refractivity contribution is -0.117. The fourth-order valence-electron chi connectivity index (χ4n) is 5.04. The first-order valence-electron chi connectivity index (χ1n) is 11.3. The van der Waals surface area contributed by atoms with E-state index in [0.29, 0.717) is 13.0 Å². The fraction of sp³-hybridized carbons (Fsp3) is 0.286. The fourth-order valence-corrected chi connectivity index (χ4v) is 5.04. The Balaban J connectivity index is 1.57. The van der Waals surface area contributed by atoms with Crippen molar-refractivity contribution in [2.75, 3.05) is 11.4 Å². The standard InChI is InChI=1S/C28H29N3O/c1-18-12-13-19(2)22(14-18)16-30-25-11-6-5-10-24(25)29-28(30)23-15-26(32)31(17-23)27-20(3)8-7-9-21(27)4/h5-14,23H,15-17H2,1-4H3. The van der Waals surface area contributed by atoms with E-state index in [0.717, 1.165) is 40.2 Å². The van der Waals surface area contributed by atoms with Crippen molar-refractivity contribution in [2.24, 2.45) is 0 Å². The molecule has 4 aromatic rings. The SMILES string of the molecule is Cc1ccc(C)c(Cn2c(C3CC(=O)N(c4c(C)cccc4C)C3)nc3ccccc32)c1. The predicted molar refractivity (Wildman–Crippen MR) is 130 cm³/mol. The summed E-state index contributed by atoms with van der Waals surface area (Å²) in [5, 5.41) is 0. The molecule has 1 atom stereocenters. The van der Waals surface area contributed by atoms with Crippen LogP contribution >= 0.6 is 0 Å². The van der Waals surface area contributed by atoms with E-state index in [-0.39, 0.29) is 11.8 Å². The van der Waals surface area contributed by atoms with Crippen LogP contribution in [0.1, 0.15) is 46.0 Å². The molecule has 0 aliphatic carbocycles. The van der Waals surface area contributed by atoms with Crippen LogP contribution in [0.25, 0.3) is 11.0 Å². The number of carbonyl (C=O) groups excluding carboxylic acids is 1. The van der Waals surface area contributed by atoms with E-state index in [1.54, 1.807) is 0 Å². The number of aromatic nitrogens is 2. The van der Waals surface area contributed by atoms with Gasteiger partial charge in [0, 0.05) is 31.1 Å². The Morgan fingerprint density at radius 3 is 2.44 bits per heavy atom. The molecule has 4 heteroatoms. The molecule has 5 rings (SSSR count). The quantitative estimate of drug-likeness (QED) is 0.414. The number of nitrogens with zero attached hydrogens (tertiary/aromatic N) is 3. The molecule has 1 fully saturated rings. The van der Waals surface area contributed by atoms with E-state index in [1.807, 2.05) is 11.0 Å². The molecule has 2 heterocycles. The van der Waals surface area contributed by atoms with Crippen molar-refractivity contribution in [1.29, 1.82) is 0 Å². The lowest BCUT2D eigenvalue weighted by Gasteiger charge is -2.22. The minimum Gasteiger partial charge on any atom is -0.323 e. The van der Waals surface area contributed by atoms with Gasteiger partial charge in [-0.05, 0) is 62.1 Å². The zero-order valence-corrected chi connectivity index (χ0v) is 19.2. The number of benzene rings is 3. The van der Waals surface area contributed by atoms with Crippen molar-refractivity contribution in [3.05, 3.63) is 94.3 Å². The maximum Gasteiger partial charge on any atom is 0.227 e. The van der Waals surface area contributed by atoms with E-state index < -0.39 is 0 Å². The number of rotatable bonds is 4. The van der Waals surface area contributed by atoms with Gasteiger partial charge in [-0.1, -0.05) is 54.1 Å². The highest BCUT2D eigenvalue weighted by Crippen LogP contribution is 2.36. The van der Waals surface area contributed by atoms with Gasteiger partial charge in [-0.3, -0.25) is 4.79 Å². The molecule has 3 aromatic carbocycles. The smallest absolute Gasteiger partial charge is 0.227 e. The predicted octanol–water partition coefficient (Wildman–Crippen LogP) is 5.84. The monoisotopic (exact) mass is 423 g/mol. The number of hydrogen-bond donors (Lipinski definition) is 0. The Labute approximate surface area is 189 Å². The van der Waals surface area contributed by atoms with Crippen molar-refractivity contribution < 1.29 is 4.79 Å². The Hall–Kier alpha value is -3.40. The van der Waals surface area contributed by atoms with Crippen LogP contribution in [0, 0.1) is 27.7 Å². The first-order chi connectivity index (χ1) is 15.4. The molecule has 4 nitrogen and oxygen atoms in total. The van der Waals surface area contributed by atoms with Crippen LogP contribution in [0.3, 0.4) is 0 Å². The highest BCUT2D eigenvalue weighted by molar-refractivity contribution is 5.98. The average Bonchev–Trinajstić information content (AvgIpc) is 3.31. The Kier molecular flexibility index (Phi) is 5.09. The molecule has 1 aliphatic rings. The van der Waals surface area contributed by atoms with Gasteiger partial charge < -0.3 is 9.47 Å². The van der Waals surface area contributed by atoms with Gasteiger partial charge in [-0.25, -0.2) is 4.98 Å². The Bertz CT molecular complexity index is 1310. The van der Waals surface area contributed by atoms with Crippen molar-refractivity contribution in [3.8, 4) is 0 Å². The van der Waals surface area contributed by atoms with Crippen LogP contribution in [-0.2, 0) is 11.3 Å². The number of carbonyl (C=O) groups is 1. The molecule has 1 aliphatic heterocycles. The molecule has 0 bridgehead atoms. The molecule has 0 radical (unpaired) electrons. The number of para-hydroxylation sites is 3. The maximum absolute atomic E-state index is 13.1. The summed E-state index contributed by atoms with van der Waals surface area (Å²) >= 11 is 0. The summed E-state index contributed by atoms with van der Waals surface area (Å²) in [7, 11) is 0. The summed E-state index contributed by atoms with van der Waals surface area (Å²) in [6, 6.07) is 21.1. The molecule has 0 N–H and O–H groups in total. The summed E-state index contributed by atoms with van der Waals surface area (Å²) in [6.07, 6.45) is 0.490. The summed E-state index contributed by atoms with van der Waals surface area (Å²) in [4.78, 5) is 20.1. The Morgan fingerprint density at radius 2 is 1.66 bits per heavy atom. The summed E-state index contributed by atoms with van der Waals surface area (Å²) in [5.41, 5.74) is 9.29. The van der Waals surface area contributed by atoms with Crippen LogP contribution in [-0.4, -0.2) is 22.0 Å². The van der Waals surface area contributed by atoms with Gasteiger partial charge in [-0.2, -0.15) is 0 Å². The molecule has 162 valence electrons. The number of fused-ring (bicyclic) bond motifs is 1. The second kappa shape index (κ2) is 7.94. The summed E-state index contributed by atoms with van der Waals surface area (Å²) < 4.78 is 2.32. The van der Waals surface area contributed by atoms with E-state index in [1.165, 1.54) is 16.7 Å². The van der Waals surface area contributed by atoms with Gasteiger partial charge in [0.05, 0.1) is 11.0 Å². The second-order valence-electron chi connectivity index (χ2n) is 9.12. The van der Waals surface area contributed by atoms with Gasteiger partial charge in [0.25, 0.3) is 0 Å². The highest BCUT2D eigenvalue weighted by Gasteiger charge is 2.36. The van der Waals surface area contributed by atoms with Gasteiger partial charge >= 0.3 is 0 Å². The number of amides is 1. The third kappa shape index (κ3) is 3.50. The van der Waals surface area contributed by atoms with Crippen LogP contribution in [0.2, 0.25) is 0 Å². The molecule has 0 saturated carbocycles. The molecular weight excluding hydrogens is 394 g/mol. The number of aryl methyl sites for hydroxylation is 4. The number of anilines is 1. The van der Waals surface area contributed by atoms with Crippen molar-refractivity contribution in [3.63, 3.8) is 0 Å². The third-order valence-electron chi connectivity index (χ3n) is 6.72. The van der Waals surface area contributed by atoms with Crippen molar-refractivity contribution >= 4 is 22.6 Å². The summed E-state index contributed by atoms with van der Waals surface area (Å²) in [5.74, 6) is 1.26. The minimum absolute atomic E-state index is 0.0685. The van der Waals surface area contributed by atoms with Crippen molar-refractivity contribution in [1.82, 2.24) is 9.55 Å². The van der Waals surface area contributed by atoms with Crippen LogP contribution in [0.15, 0.2) is 60.7 Å². The van der Waals surface area contributed by atoms with Crippen LogP contribution < -0.4 is 4.90 Å². The number of imidazole rings is 1. The zero-order chi connectivity index (χ0) is 22.4. The first kappa shape index (κ1) is 20.5. The summed E-state index contributed by atoms with van der Waals surface area (Å²) in [6.45, 7) is 9.89. The van der Waals surface area contributed by atoms with E-state index in [9.17, 15) is 4.79 Å². The van der Waals surface area contributed by atoms with Gasteiger partial charge in [0.1, 0.15) is 5.82 Å². The normalized spacial score (nSPS) is 16.3. The molecule has 32 heavy (non-hydrogen) atoms. The largest absolute Gasteiger partial charge is 0.323 e.